The summed E-state index contributed by atoms with van der Waals surface area (Å²) in [6.07, 6.45) is 7.32. The summed E-state index contributed by atoms with van der Waals surface area (Å²) in [6.45, 7) is 5.77. The minimum atomic E-state index is -0.636. The first-order valence-electron chi connectivity index (χ1n) is 8.45. The third kappa shape index (κ3) is 5.81. The van der Waals surface area contributed by atoms with Crippen LogP contribution in [-0.2, 0) is 19.1 Å². The van der Waals surface area contributed by atoms with Crippen LogP contribution in [0.2, 0.25) is 0 Å². The molecule has 1 rings (SSSR count). The normalized spacial score (nSPS) is 22.6. The summed E-state index contributed by atoms with van der Waals surface area (Å²) >= 11 is 0. The molecule has 1 N–H and O–H groups in total. The largest absolute Gasteiger partial charge is 0.467 e. The van der Waals surface area contributed by atoms with Gasteiger partial charge in [0.1, 0.15) is 11.8 Å². The molecule has 23 heavy (non-hydrogen) atoms. The highest BCUT2D eigenvalue weighted by Gasteiger charge is 2.35. The van der Waals surface area contributed by atoms with E-state index in [0.717, 1.165) is 12.8 Å². The number of carbonyl (C=O) groups excluding carboxylic acids is 3. The Labute approximate surface area is 138 Å². The van der Waals surface area contributed by atoms with Crippen LogP contribution in [0.1, 0.15) is 52.9 Å². The lowest BCUT2D eigenvalue weighted by Crippen LogP contribution is -2.45. The second-order valence-electron chi connectivity index (χ2n) is 6.50. The first-order chi connectivity index (χ1) is 10.9. The molecule has 0 aliphatic heterocycles. The minimum absolute atomic E-state index is 0.0418. The number of nitrogens with one attached hydrogen (secondary N) is 1. The third-order valence-electron chi connectivity index (χ3n) is 4.42. The molecule has 1 saturated carbocycles. The van der Waals surface area contributed by atoms with E-state index in [4.69, 9.17) is 4.74 Å². The smallest absolute Gasteiger partial charge is 0.328 e. The van der Waals surface area contributed by atoms with Crippen molar-refractivity contribution in [3.8, 4) is 0 Å². The summed E-state index contributed by atoms with van der Waals surface area (Å²) in [5.41, 5.74) is 0. The van der Waals surface area contributed by atoms with Crippen molar-refractivity contribution in [3.63, 3.8) is 0 Å². The van der Waals surface area contributed by atoms with Crippen molar-refractivity contribution >= 4 is 17.7 Å². The number of rotatable bonds is 8. The number of Topliss-reactive ketones (excluding diaryl/α,β-unsaturated/α-hetero) is 1. The summed E-state index contributed by atoms with van der Waals surface area (Å²) < 4.78 is 4.73. The first-order valence-corrected chi connectivity index (χ1v) is 8.45. The molecule has 1 aliphatic rings. The fourth-order valence-corrected chi connectivity index (χ4v) is 3.05. The van der Waals surface area contributed by atoms with Crippen LogP contribution in [0.5, 0.6) is 0 Å². The first kappa shape index (κ1) is 19.4. The number of esters is 1. The Morgan fingerprint density at radius 3 is 2.61 bits per heavy atom. The van der Waals surface area contributed by atoms with E-state index < -0.39 is 12.0 Å². The van der Waals surface area contributed by atoms with Crippen LogP contribution >= 0.6 is 0 Å². The fourth-order valence-electron chi connectivity index (χ4n) is 3.05. The van der Waals surface area contributed by atoms with Gasteiger partial charge in [-0.2, -0.15) is 0 Å². The predicted octanol–water partition coefficient (Wildman–Crippen LogP) is 2.64. The molecular formula is C18H29NO4. The zero-order valence-corrected chi connectivity index (χ0v) is 14.6. The van der Waals surface area contributed by atoms with E-state index in [1.165, 1.54) is 7.11 Å². The van der Waals surface area contributed by atoms with Crippen molar-refractivity contribution in [3.05, 3.63) is 12.2 Å². The summed E-state index contributed by atoms with van der Waals surface area (Å²) in [7, 11) is 1.32. The molecule has 0 heterocycles. The highest BCUT2D eigenvalue weighted by molar-refractivity contribution is 5.87. The van der Waals surface area contributed by atoms with Crippen LogP contribution in [0.3, 0.4) is 0 Å². The molecule has 5 nitrogen and oxygen atoms in total. The van der Waals surface area contributed by atoms with Crippen molar-refractivity contribution < 1.29 is 19.1 Å². The van der Waals surface area contributed by atoms with E-state index >= 15 is 0 Å². The van der Waals surface area contributed by atoms with Gasteiger partial charge in [0, 0.05) is 18.8 Å². The van der Waals surface area contributed by atoms with E-state index in [1.807, 2.05) is 19.9 Å². The fraction of sp³-hybridized carbons (Fsp3) is 0.722. The average molecular weight is 323 g/mol. The number of hydrogen-bond acceptors (Lipinski definition) is 4. The third-order valence-corrected chi connectivity index (χ3v) is 4.42. The molecule has 0 aromatic rings. The van der Waals surface area contributed by atoms with Gasteiger partial charge >= 0.3 is 5.97 Å². The lowest BCUT2D eigenvalue weighted by atomic mass is 9.89. The highest BCUT2D eigenvalue weighted by atomic mass is 16.5. The second kappa shape index (κ2) is 9.48. The van der Waals surface area contributed by atoms with Gasteiger partial charge in [-0.15, -0.1) is 0 Å². The monoisotopic (exact) mass is 323 g/mol. The number of hydrogen-bond donors (Lipinski definition) is 1. The Bertz CT molecular complexity index is 456. The van der Waals surface area contributed by atoms with Crippen LogP contribution in [0.25, 0.3) is 0 Å². The van der Waals surface area contributed by atoms with E-state index in [9.17, 15) is 14.4 Å². The number of amides is 1. The molecule has 3 atom stereocenters. The van der Waals surface area contributed by atoms with Crippen LogP contribution < -0.4 is 5.32 Å². The Morgan fingerprint density at radius 1 is 1.35 bits per heavy atom. The molecule has 0 saturated heterocycles. The van der Waals surface area contributed by atoms with Gasteiger partial charge in [-0.3, -0.25) is 9.59 Å². The van der Waals surface area contributed by atoms with Crippen molar-refractivity contribution in [2.45, 2.75) is 58.9 Å². The topological polar surface area (TPSA) is 72.5 Å². The standard InChI is InChI=1S/C18H29NO4/c1-5-6-7-8-14-13(9-10-15(14)20)11-16(21)19-17(12(2)3)18(22)23-4/h6-7,12-14,17H,5,8-11H2,1-4H3,(H,19,21)/b7-6-/t13-,14-,17+/m1/s1. The Hall–Kier alpha value is -1.65. The maximum atomic E-state index is 12.3. The summed E-state index contributed by atoms with van der Waals surface area (Å²) in [4.78, 5) is 36.0. The number of methoxy groups -OCH3 is 1. The van der Waals surface area contributed by atoms with Crippen molar-refractivity contribution in [1.29, 1.82) is 0 Å². The highest BCUT2D eigenvalue weighted by Crippen LogP contribution is 2.34. The molecule has 0 bridgehead atoms. The number of ether oxygens (including phenoxy) is 1. The van der Waals surface area contributed by atoms with Crippen LogP contribution in [0, 0.1) is 17.8 Å². The molecule has 1 fully saturated rings. The molecule has 0 radical (unpaired) electrons. The maximum Gasteiger partial charge on any atom is 0.328 e. The molecular weight excluding hydrogens is 294 g/mol. The lowest BCUT2D eigenvalue weighted by molar-refractivity contribution is -0.146. The van der Waals surface area contributed by atoms with Gasteiger partial charge in [0.2, 0.25) is 5.91 Å². The quantitative estimate of drug-likeness (QED) is 0.550. The Kier molecular flexibility index (Phi) is 8.00. The van der Waals surface area contributed by atoms with Crippen LogP contribution in [0.4, 0.5) is 0 Å². The molecule has 0 unspecified atom stereocenters. The summed E-state index contributed by atoms with van der Waals surface area (Å²) in [5.74, 6) is -0.415. The zero-order chi connectivity index (χ0) is 17.4. The van der Waals surface area contributed by atoms with Crippen LogP contribution in [-0.4, -0.2) is 30.8 Å². The van der Waals surface area contributed by atoms with E-state index in [2.05, 4.69) is 18.3 Å². The van der Waals surface area contributed by atoms with Gasteiger partial charge in [-0.1, -0.05) is 32.9 Å². The van der Waals surface area contributed by atoms with Crippen LogP contribution in [0.15, 0.2) is 12.2 Å². The van der Waals surface area contributed by atoms with Crippen molar-refractivity contribution in [2.75, 3.05) is 7.11 Å². The Balaban J connectivity index is 2.62. The van der Waals surface area contributed by atoms with Gasteiger partial charge in [-0.05, 0) is 31.1 Å². The van der Waals surface area contributed by atoms with Gasteiger partial charge in [0.15, 0.2) is 0 Å². The second-order valence-corrected chi connectivity index (χ2v) is 6.50. The Morgan fingerprint density at radius 2 is 2.04 bits per heavy atom. The summed E-state index contributed by atoms with van der Waals surface area (Å²) in [6, 6.07) is -0.636. The van der Waals surface area contributed by atoms with E-state index in [-0.39, 0.29) is 35.9 Å². The molecule has 5 heteroatoms. The molecule has 1 aliphatic carbocycles. The molecule has 130 valence electrons. The average Bonchev–Trinajstić information content (AvgIpc) is 2.84. The van der Waals surface area contributed by atoms with Gasteiger partial charge in [-0.25, -0.2) is 4.79 Å². The lowest BCUT2D eigenvalue weighted by Gasteiger charge is -2.22. The van der Waals surface area contributed by atoms with Gasteiger partial charge in [0.05, 0.1) is 7.11 Å². The van der Waals surface area contributed by atoms with E-state index in [1.54, 1.807) is 0 Å². The zero-order valence-electron chi connectivity index (χ0n) is 14.6. The number of allylic oxidation sites excluding steroid dienone is 2. The maximum absolute atomic E-state index is 12.3. The number of ketones is 1. The summed E-state index contributed by atoms with van der Waals surface area (Å²) in [5, 5.41) is 2.75. The van der Waals surface area contributed by atoms with Gasteiger partial charge < -0.3 is 10.1 Å². The molecule has 0 aromatic heterocycles. The SMILES string of the molecule is CC/C=C\C[C@H]1C(=O)CC[C@@H]1CC(=O)N[C@H](C(=O)OC)C(C)C. The molecule has 0 spiro atoms. The molecule has 1 amide bonds. The number of carbonyl (C=O) groups is 3. The molecule has 0 aromatic carbocycles. The van der Waals surface area contributed by atoms with Gasteiger partial charge in [0.25, 0.3) is 0 Å². The van der Waals surface area contributed by atoms with Crippen molar-refractivity contribution in [1.82, 2.24) is 5.32 Å². The van der Waals surface area contributed by atoms with E-state index in [0.29, 0.717) is 12.8 Å². The predicted molar refractivity (Wildman–Crippen MR) is 88.7 cm³/mol. The van der Waals surface area contributed by atoms with Crippen molar-refractivity contribution in [2.24, 2.45) is 17.8 Å². The minimum Gasteiger partial charge on any atom is -0.467 e.